The van der Waals surface area contributed by atoms with E-state index in [0.29, 0.717) is 6.54 Å². The van der Waals surface area contributed by atoms with Crippen molar-refractivity contribution >= 4 is 27.6 Å². The van der Waals surface area contributed by atoms with Gasteiger partial charge in [-0.05, 0) is 23.8 Å². The van der Waals surface area contributed by atoms with Crippen molar-refractivity contribution in [3.63, 3.8) is 0 Å². The minimum Gasteiger partial charge on any atom is -0.351 e. The molecule has 2 fully saturated rings. The Balaban J connectivity index is 1.87. The average molecular weight is 364 g/mol. The van der Waals surface area contributed by atoms with E-state index in [-0.39, 0.29) is 21.9 Å². The highest BCUT2D eigenvalue weighted by Gasteiger charge is 2.76. The SMILES string of the molecule is CC12CCC(C(=O)NCc3ccccc3)(C(Br)C1=O)C2(C)C. The van der Waals surface area contributed by atoms with Crippen LogP contribution in [0.25, 0.3) is 0 Å². The Morgan fingerprint density at radius 2 is 1.86 bits per heavy atom. The molecule has 118 valence electrons. The molecule has 1 N–H and O–H groups in total. The second kappa shape index (κ2) is 4.92. The van der Waals surface area contributed by atoms with Crippen LogP contribution >= 0.6 is 15.9 Å². The van der Waals surface area contributed by atoms with Crippen molar-refractivity contribution < 1.29 is 9.59 Å². The number of nitrogens with one attached hydrogen (secondary N) is 1. The molecule has 2 saturated carbocycles. The number of hydrogen-bond donors (Lipinski definition) is 1. The Hall–Kier alpha value is -1.16. The molecular weight excluding hydrogens is 342 g/mol. The third-order valence-corrected chi connectivity index (χ3v) is 7.62. The van der Waals surface area contributed by atoms with Crippen molar-refractivity contribution in [1.29, 1.82) is 0 Å². The molecule has 1 aromatic carbocycles. The van der Waals surface area contributed by atoms with Gasteiger partial charge in [0.05, 0.1) is 10.2 Å². The zero-order valence-electron chi connectivity index (χ0n) is 13.3. The highest BCUT2D eigenvalue weighted by atomic mass is 79.9. The standard InChI is InChI=1S/C18H22BrNO2/c1-16(2)17(3)9-10-18(16,13(19)14(17)21)15(22)20-11-12-7-5-4-6-8-12/h4-8,13H,9-11H2,1-3H3,(H,20,22). The number of alkyl halides is 1. The molecule has 22 heavy (non-hydrogen) atoms. The fourth-order valence-corrected chi connectivity index (χ4v) is 5.91. The van der Waals surface area contributed by atoms with Crippen molar-refractivity contribution in [3.8, 4) is 0 Å². The summed E-state index contributed by atoms with van der Waals surface area (Å²) in [6, 6.07) is 9.87. The lowest BCUT2D eigenvalue weighted by Gasteiger charge is -2.39. The van der Waals surface area contributed by atoms with Gasteiger partial charge < -0.3 is 5.32 Å². The van der Waals surface area contributed by atoms with E-state index in [2.05, 4.69) is 35.1 Å². The maximum atomic E-state index is 13.0. The van der Waals surface area contributed by atoms with Gasteiger partial charge in [0.15, 0.2) is 5.78 Å². The van der Waals surface area contributed by atoms with Gasteiger partial charge in [-0.3, -0.25) is 9.59 Å². The molecule has 0 heterocycles. The second-order valence-corrected chi connectivity index (χ2v) is 8.24. The van der Waals surface area contributed by atoms with Gasteiger partial charge in [0.2, 0.25) is 5.91 Å². The normalized spacial score (nSPS) is 35.6. The lowest BCUT2D eigenvalue weighted by molar-refractivity contribution is -0.136. The van der Waals surface area contributed by atoms with E-state index < -0.39 is 10.8 Å². The summed E-state index contributed by atoms with van der Waals surface area (Å²) in [4.78, 5) is 25.3. The number of Topliss-reactive ketones (excluding diaryl/α,β-unsaturated/α-hetero) is 1. The number of benzene rings is 1. The van der Waals surface area contributed by atoms with Gasteiger partial charge in [0.1, 0.15) is 0 Å². The van der Waals surface area contributed by atoms with E-state index in [0.717, 1.165) is 18.4 Å². The molecule has 3 unspecified atom stereocenters. The maximum absolute atomic E-state index is 13.0. The van der Waals surface area contributed by atoms with Crippen molar-refractivity contribution in [1.82, 2.24) is 5.32 Å². The minimum atomic E-state index is -0.645. The third-order valence-electron chi connectivity index (χ3n) is 6.42. The van der Waals surface area contributed by atoms with Gasteiger partial charge in [0, 0.05) is 12.0 Å². The highest BCUT2D eigenvalue weighted by molar-refractivity contribution is 9.10. The first-order valence-electron chi connectivity index (χ1n) is 7.78. The number of amides is 1. The summed E-state index contributed by atoms with van der Waals surface area (Å²) in [5.41, 5.74) is -0.327. The van der Waals surface area contributed by atoms with E-state index in [1.807, 2.05) is 37.3 Å². The van der Waals surface area contributed by atoms with Crippen LogP contribution in [0.3, 0.4) is 0 Å². The maximum Gasteiger partial charge on any atom is 0.228 e. The molecule has 0 spiro atoms. The van der Waals surface area contributed by atoms with Gasteiger partial charge in [-0.15, -0.1) is 0 Å². The summed E-state index contributed by atoms with van der Waals surface area (Å²) >= 11 is 3.55. The van der Waals surface area contributed by atoms with Gasteiger partial charge in [0.25, 0.3) is 0 Å². The van der Waals surface area contributed by atoms with Crippen molar-refractivity contribution in [3.05, 3.63) is 35.9 Å². The molecule has 4 heteroatoms. The Morgan fingerprint density at radius 3 is 2.41 bits per heavy atom. The summed E-state index contributed by atoms with van der Waals surface area (Å²) in [6.07, 6.45) is 1.55. The molecular formula is C18H22BrNO2. The first-order valence-corrected chi connectivity index (χ1v) is 8.69. The predicted octanol–water partition coefficient (Wildman–Crippen LogP) is 3.46. The van der Waals surface area contributed by atoms with Gasteiger partial charge in [-0.25, -0.2) is 0 Å². The van der Waals surface area contributed by atoms with E-state index in [1.54, 1.807) is 0 Å². The van der Waals surface area contributed by atoms with Crippen LogP contribution in [0.15, 0.2) is 30.3 Å². The molecule has 2 bridgehead atoms. The molecule has 0 aliphatic heterocycles. The topological polar surface area (TPSA) is 46.2 Å². The zero-order chi connectivity index (χ0) is 16.2. The molecule has 3 rings (SSSR count). The monoisotopic (exact) mass is 363 g/mol. The number of ketones is 1. The molecule has 2 aliphatic rings. The Morgan fingerprint density at radius 1 is 1.23 bits per heavy atom. The van der Waals surface area contributed by atoms with Crippen molar-refractivity contribution in [2.75, 3.05) is 0 Å². The predicted molar refractivity (Wildman–Crippen MR) is 89.6 cm³/mol. The molecule has 0 saturated heterocycles. The number of rotatable bonds is 3. The smallest absolute Gasteiger partial charge is 0.228 e. The Bertz CT molecular complexity index is 627. The molecule has 1 amide bonds. The van der Waals surface area contributed by atoms with Crippen LogP contribution in [0.4, 0.5) is 0 Å². The number of carbonyl (C=O) groups excluding carboxylic acids is 2. The first-order chi connectivity index (χ1) is 10.3. The van der Waals surface area contributed by atoms with Crippen LogP contribution in [0, 0.1) is 16.2 Å². The summed E-state index contributed by atoms with van der Waals surface area (Å²) < 4.78 is 0. The summed E-state index contributed by atoms with van der Waals surface area (Å²) in [6.45, 7) is 6.66. The van der Waals surface area contributed by atoms with E-state index >= 15 is 0 Å². The van der Waals surface area contributed by atoms with E-state index in [1.165, 1.54) is 0 Å². The second-order valence-electron chi connectivity index (χ2n) is 7.32. The number of carbonyl (C=O) groups is 2. The Labute approximate surface area is 140 Å². The van der Waals surface area contributed by atoms with Crippen LogP contribution in [-0.2, 0) is 16.1 Å². The van der Waals surface area contributed by atoms with Gasteiger partial charge in [-0.1, -0.05) is 67.0 Å². The number of hydrogen-bond acceptors (Lipinski definition) is 2. The molecule has 2 aliphatic carbocycles. The zero-order valence-corrected chi connectivity index (χ0v) is 14.9. The fraction of sp³-hybridized carbons (Fsp3) is 0.556. The minimum absolute atomic E-state index is 0.00203. The quantitative estimate of drug-likeness (QED) is 0.835. The largest absolute Gasteiger partial charge is 0.351 e. The van der Waals surface area contributed by atoms with Crippen molar-refractivity contribution in [2.24, 2.45) is 16.2 Å². The van der Waals surface area contributed by atoms with Crippen LogP contribution in [0.2, 0.25) is 0 Å². The molecule has 3 nitrogen and oxygen atoms in total. The van der Waals surface area contributed by atoms with E-state index in [4.69, 9.17) is 0 Å². The van der Waals surface area contributed by atoms with Crippen LogP contribution in [0.1, 0.15) is 39.2 Å². The lowest BCUT2D eigenvalue weighted by Crippen LogP contribution is -2.50. The highest BCUT2D eigenvalue weighted by Crippen LogP contribution is 2.72. The fourth-order valence-electron chi connectivity index (χ4n) is 4.39. The van der Waals surface area contributed by atoms with Crippen LogP contribution in [-0.4, -0.2) is 16.5 Å². The first kappa shape index (κ1) is 15.7. The van der Waals surface area contributed by atoms with Crippen LogP contribution in [0.5, 0.6) is 0 Å². The van der Waals surface area contributed by atoms with Gasteiger partial charge >= 0.3 is 0 Å². The molecule has 0 radical (unpaired) electrons. The molecule has 1 aromatic rings. The third kappa shape index (κ3) is 1.73. The van der Waals surface area contributed by atoms with Crippen molar-refractivity contribution in [2.45, 2.75) is 45.0 Å². The average Bonchev–Trinajstić information content (AvgIpc) is 2.78. The van der Waals surface area contributed by atoms with Crippen LogP contribution < -0.4 is 5.32 Å². The number of fused-ring (bicyclic) bond motifs is 2. The van der Waals surface area contributed by atoms with Gasteiger partial charge in [-0.2, -0.15) is 0 Å². The Kier molecular flexibility index (Phi) is 3.52. The summed E-state index contributed by atoms with van der Waals surface area (Å²) in [5, 5.41) is 3.06. The number of halogens is 1. The van der Waals surface area contributed by atoms with E-state index in [9.17, 15) is 9.59 Å². The lowest BCUT2D eigenvalue weighted by atomic mass is 9.64. The molecule has 0 aromatic heterocycles. The summed E-state index contributed by atoms with van der Waals surface area (Å²) in [5.74, 6) is 0.177. The summed E-state index contributed by atoms with van der Waals surface area (Å²) in [7, 11) is 0. The molecule has 3 atom stereocenters.